The van der Waals surface area contributed by atoms with E-state index in [9.17, 15) is 9.90 Å². The molecule has 0 aliphatic heterocycles. The molecule has 3 atom stereocenters. The Morgan fingerprint density at radius 2 is 1.88 bits per heavy atom. The van der Waals surface area contributed by atoms with E-state index in [1.807, 2.05) is 0 Å². The van der Waals surface area contributed by atoms with Crippen molar-refractivity contribution >= 4 is 5.97 Å². The minimum atomic E-state index is -0.536. The molecule has 0 heterocycles. The van der Waals surface area contributed by atoms with Crippen molar-refractivity contribution in [3.05, 3.63) is 0 Å². The monoisotopic (exact) mass is 224 g/mol. The molecule has 0 aromatic heterocycles. The van der Waals surface area contributed by atoms with Crippen molar-refractivity contribution in [1.29, 1.82) is 0 Å². The Labute approximate surface area is 98.4 Å². The summed E-state index contributed by atoms with van der Waals surface area (Å²) in [4.78, 5) is 11.3. The lowest BCUT2D eigenvalue weighted by molar-refractivity contribution is -0.146. The zero-order valence-corrected chi connectivity index (χ0v) is 10.3. The highest BCUT2D eigenvalue weighted by Gasteiger charge is 2.39. The van der Waals surface area contributed by atoms with Crippen molar-refractivity contribution in [2.75, 3.05) is 0 Å². The van der Waals surface area contributed by atoms with Gasteiger partial charge in [0.1, 0.15) is 0 Å². The van der Waals surface area contributed by atoms with Gasteiger partial charge in [-0.15, -0.1) is 0 Å². The van der Waals surface area contributed by atoms with Gasteiger partial charge in [0, 0.05) is 0 Å². The highest BCUT2D eigenvalue weighted by Crippen LogP contribution is 2.45. The number of carbonyl (C=O) groups is 1. The van der Waals surface area contributed by atoms with Crippen molar-refractivity contribution < 1.29 is 9.90 Å². The Bertz CT molecular complexity index is 243. The third-order valence-corrected chi connectivity index (χ3v) is 4.91. The number of hydrogen-bond donors (Lipinski definition) is 1. The fourth-order valence-corrected chi connectivity index (χ4v) is 3.88. The van der Waals surface area contributed by atoms with E-state index in [1.165, 1.54) is 38.5 Å². The van der Waals surface area contributed by atoms with E-state index in [-0.39, 0.29) is 5.92 Å². The van der Waals surface area contributed by atoms with Crippen LogP contribution < -0.4 is 0 Å². The predicted molar refractivity (Wildman–Crippen MR) is 64.2 cm³/mol. The van der Waals surface area contributed by atoms with Crippen molar-refractivity contribution in [3.8, 4) is 0 Å². The standard InChI is InChI=1S/C14H24O2/c1-2-10-7-8-12(14(15)16)13(9-10)11-5-3-4-6-11/h10-13H,2-9H2,1H3,(H,15,16). The van der Waals surface area contributed by atoms with Crippen molar-refractivity contribution in [1.82, 2.24) is 0 Å². The smallest absolute Gasteiger partial charge is 0.306 e. The van der Waals surface area contributed by atoms with Crippen LogP contribution in [0.4, 0.5) is 0 Å². The van der Waals surface area contributed by atoms with Gasteiger partial charge in [0.2, 0.25) is 0 Å². The molecule has 2 rings (SSSR count). The fraction of sp³-hybridized carbons (Fsp3) is 0.929. The molecule has 2 aliphatic rings. The van der Waals surface area contributed by atoms with Gasteiger partial charge in [0.25, 0.3) is 0 Å². The topological polar surface area (TPSA) is 37.3 Å². The van der Waals surface area contributed by atoms with E-state index < -0.39 is 5.97 Å². The minimum absolute atomic E-state index is 0.0362. The molecule has 0 spiro atoms. The van der Waals surface area contributed by atoms with Crippen LogP contribution in [0, 0.1) is 23.7 Å². The van der Waals surface area contributed by atoms with Crippen LogP contribution in [0.3, 0.4) is 0 Å². The molecule has 2 nitrogen and oxygen atoms in total. The van der Waals surface area contributed by atoms with Gasteiger partial charge in [0.15, 0.2) is 0 Å². The zero-order valence-electron chi connectivity index (χ0n) is 10.3. The van der Waals surface area contributed by atoms with E-state index in [4.69, 9.17) is 0 Å². The van der Waals surface area contributed by atoms with Crippen LogP contribution in [-0.4, -0.2) is 11.1 Å². The maximum absolute atomic E-state index is 11.3. The Balaban J connectivity index is 2.04. The number of hydrogen-bond acceptors (Lipinski definition) is 1. The molecule has 0 amide bonds. The first-order chi connectivity index (χ1) is 7.72. The molecule has 92 valence electrons. The highest BCUT2D eigenvalue weighted by atomic mass is 16.4. The number of carboxylic acid groups (broad SMARTS) is 1. The molecule has 0 saturated heterocycles. The number of aliphatic carboxylic acids is 1. The third-order valence-electron chi connectivity index (χ3n) is 4.91. The van der Waals surface area contributed by atoms with Gasteiger partial charge in [-0.25, -0.2) is 0 Å². The Hall–Kier alpha value is -0.530. The summed E-state index contributed by atoms with van der Waals surface area (Å²) < 4.78 is 0. The molecule has 0 radical (unpaired) electrons. The second-order valence-corrected chi connectivity index (χ2v) is 5.74. The second kappa shape index (κ2) is 5.20. The summed E-state index contributed by atoms with van der Waals surface area (Å²) in [5.41, 5.74) is 0. The van der Waals surface area contributed by atoms with Gasteiger partial charge in [-0.1, -0.05) is 39.0 Å². The molecular formula is C14H24O2. The summed E-state index contributed by atoms with van der Waals surface area (Å²) in [5.74, 6) is 1.42. The maximum Gasteiger partial charge on any atom is 0.306 e. The first-order valence-corrected chi connectivity index (χ1v) is 6.95. The molecule has 0 aromatic carbocycles. The minimum Gasteiger partial charge on any atom is -0.481 e. The van der Waals surface area contributed by atoms with Gasteiger partial charge in [-0.05, 0) is 37.0 Å². The van der Waals surface area contributed by atoms with Gasteiger partial charge in [-0.2, -0.15) is 0 Å². The summed E-state index contributed by atoms with van der Waals surface area (Å²) in [5, 5.41) is 9.33. The lowest BCUT2D eigenvalue weighted by atomic mass is 9.67. The van der Waals surface area contributed by atoms with Crippen molar-refractivity contribution in [2.45, 2.75) is 58.3 Å². The Morgan fingerprint density at radius 3 is 2.44 bits per heavy atom. The first-order valence-electron chi connectivity index (χ1n) is 6.95. The largest absolute Gasteiger partial charge is 0.481 e. The van der Waals surface area contributed by atoms with E-state index in [1.54, 1.807) is 0 Å². The summed E-state index contributed by atoms with van der Waals surface area (Å²) in [6.07, 6.45) is 9.68. The quantitative estimate of drug-likeness (QED) is 0.793. The van der Waals surface area contributed by atoms with E-state index in [2.05, 4.69) is 6.92 Å². The van der Waals surface area contributed by atoms with Crippen LogP contribution >= 0.6 is 0 Å². The van der Waals surface area contributed by atoms with Crippen LogP contribution in [0.15, 0.2) is 0 Å². The van der Waals surface area contributed by atoms with Crippen LogP contribution in [0.1, 0.15) is 58.3 Å². The molecule has 3 unspecified atom stereocenters. The van der Waals surface area contributed by atoms with Crippen molar-refractivity contribution in [3.63, 3.8) is 0 Å². The molecule has 2 heteroatoms. The average Bonchev–Trinajstić information content (AvgIpc) is 2.81. The van der Waals surface area contributed by atoms with Gasteiger partial charge in [-0.3, -0.25) is 4.79 Å². The summed E-state index contributed by atoms with van der Waals surface area (Å²) >= 11 is 0. The number of carboxylic acids is 1. The molecule has 2 fully saturated rings. The lowest BCUT2D eigenvalue weighted by Crippen LogP contribution is -2.34. The van der Waals surface area contributed by atoms with Crippen LogP contribution in [-0.2, 0) is 4.79 Å². The SMILES string of the molecule is CCC1CCC(C(=O)O)C(C2CCCC2)C1. The molecule has 2 aliphatic carbocycles. The summed E-state index contributed by atoms with van der Waals surface area (Å²) in [6.45, 7) is 2.25. The van der Waals surface area contributed by atoms with E-state index in [0.717, 1.165) is 24.7 Å². The first kappa shape index (κ1) is 11.9. The molecular weight excluding hydrogens is 200 g/mol. The van der Waals surface area contributed by atoms with Gasteiger partial charge >= 0.3 is 5.97 Å². The van der Waals surface area contributed by atoms with Crippen LogP contribution in [0.5, 0.6) is 0 Å². The maximum atomic E-state index is 11.3. The van der Waals surface area contributed by atoms with Crippen molar-refractivity contribution in [2.24, 2.45) is 23.7 Å². The zero-order chi connectivity index (χ0) is 11.5. The molecule has 0 aromatic rings. The van der Waals surface area contributed by atoms with E-state index in [0.29, 0.717) is 5.92 Å². The van der Waals surface area contributed by atoms with Crippen LogP contribution in [0.25, 0.3) is 0 Å². The van der Waals surface area contributed by atoms with Gasteiger partial charge < -0.3 is 5.11 Å². The average molecular weight is 224 g/mol. The summed E-state index contributed by atoms with van der Waals surface area (Å²) in [6, 6.07) is 0. The highest BCUT2D eigenvalue weighted by molar-refractivity contribution is 5.70. The normalized spacial score (nSPS) is 36.4. The van der Waals surface area contributed by atoms with Gasteiger partial charge in [0.05, 0.1) is 5.92 Å². The van der Waals surface area contributed by atoms with E-state index >= 15 is 0 Å². The Kier molecular flexibility index (Phi) is 3.88. The molecule has 0 bridgehead atoms. The Morgan fingerprint density at radius 1 is 1.19 bits per heavy atom. The molecule has 2 saturated carbocycles. The third kappa shape index (κ3) is 2.41. The second-order valence-electron chi connectivity index (χ2n) is 5.74. The molecule has 1 N–H and O–H groups in total. The number of rotatable bonds is 3. The summed E-state index contributed by atoms with van der Waals surface area (Å²) in [7, 11) is 0. The lowest BCUT2D eigenvalue weighted by Gasteiger charge is -2.37. The predicted octanol–water partition coefficient (Wildman–Crippen LogP) is 3.70. The fourth-order valence-electron chi connectivity index (χ4n) is 3.88. The molecule has 16 heavy (non-hydrogen) atoms. The van der Waals surface area contributed by atoms with Crippen LogP contribution in [0.2, 0.25) is 0 Å².